The fourth-order valence-electron chi connectivity index (χ4n) is 3.99. The molecule has 5 heteroatoms. The summed E-state index contributed by atoms with van der Waals surface area (Å²) in [7, 11) is 0. The van der Waals surface area contributed by atoms with Crippen LogP contribution < -0.4 is 4.74 Å². The van der Waals surface area contributed by atoms with E-state index in [1.54, 1.807) is 6.07 Å². The number of benzene rings is 2. The molecule has 1 heterocycles. The minimum absolute atomic E-state index is 0.0328. The number of rotatable bonds is 9. The second-order valence-electron chi connectivity index (χ2n) is 8.09. The van der Waals surface area contributed by atoms with Crippen molar-refractivity contribution in [3.05, 3.63) is 53.3 Å². The Hall–Kier alpha value is -2.01. The number of halogens is 3. The van der Waals surface area contributed by atoms with Crippen molar-refractivity contribution in [2.24, 2.45) is 5.92 Å². The van der Waals surface area contributed by atoms with E-state index in [0.717, 1.165) is 18.4 Å². The van der Waals surface area contributed by atoms with Crippen molar-refractivity contribution in [3.63, 3.8) is 0 Å². The summed E-state index contributed by atoms with van der Waals surface area (Å²) < 4.78 is 54.8. The second-order valence-corrected chi connectivity index (χ2v) is 8.09. The number of hydrogen-bond acceptors (Lipinski definition) is 2. The van der Waals surface area contributed by atoms with Gasteiger partial charge in [0.25, 0.3) is 0 Å². The van der Waals surface area contributed by atoms with E-state index in [-0.39, 0.29) is 23.0 Å². The third-order valence-electron chi connectivity index (χ3n) is 5.75. The molecule has 0 radical (unpaired) electrons. The Morgan fingerprint density at radius 3 is 2.40 bits per heavy atom. The highest BCUT2D eigenvalue weighted by molar-refractivity contribution is 5.66. The highest BCUT2D eigenvalue weighted by Gasteiger charge is 2.24. The molecule has 2 nitrogen and oxygen atoms in total. The van der Waals surface area contributed by atoms with Gasteiger partial charge in [-0.05, 0) is 55.4 Å². The topological polar surface area (TPSA) is 18.5 Å². The zero-order valence-corrected chi connectivity index (χ0v) is 17.9. The fourth-order valence-corrected chi connectivity index (χ4v) is 3.99. The molecule has 3 rings (SSSR count). The molecule has 0 N–H and O–H groups in total. The Morgan fingerprint density at radius 2 is 1.73 bits per heavy atom. The van der Waals surface area contributed by atoms with E-state index in [1.807, 2.05) is 6.92 Å². The monoisotopic (exact) mass is 420 g/mol. The van der Waals surface area contributed by atoms with Gasteiger partial charge in [-0.15, -0.1) is 0 Å². The lowest BCUT2D eigenvalue weighted by atomic mass is 9.90. The molecule has 2 aromatic carbocycles. The molecule has 0 bridgehead atoms. The third kappa shape index (κ3) is 5.37. The van der Waals surface area contributed by atoms with Crippen LogP contribution in [-0.4, -0.2) is 13.2 Å². The molecule has 0 aliphatic carbocycles. The summed E-state index contributed by atoms with van der Waals surface area (Å²) in [4.78, 5) is 0. The van der Waals surface area contributed by atoms with Crippen molar-refractivity contribution in [2.75, 3.05) is 13.2 Å². The molecule has 1 aliphatic heterocycles. The van der Waals surface area contributed by atoms with Crippen molar-refractivity contribution >= 4 is 0 Å². The molecule has 2 unspecified atom stereocenters. The van der Waals surface area contributed by atoms with Crippen LogP contribution in [0.1, 0.15) is 70.5 Å². The molecule has 0 saturated carbocycles. The van der Waals surface area contributed by atoms with Gasteiger partial charge in [-0.25, -0.2) is 8.78 Å². The first-order valence-corrected chi connectivity index (χ1v) is 11.1. The maximum Gasteiger partial charge on any atom is 0.201 e. The van der Waals surface area contributed by atoms with Gasteiger partial charge in [0, 0.05) is 11.1 Å². The molecule has 0 spiro atoms. The van der Waals surface area contributed by atoms with Crippen LogP contribution in [0.4, 0.5) is 13.2 Å². The summed E-state index contributed by atoms with van der Waals surface area (Å²) in [6.07, 6.45) is 7.30. The van der Waals surface area contributed by atoms with Gasteiger partial charge >= 0.3 is 0 Å². The average Bonchev–Trinajstić information content (AvgIpc) is 2.76. The van der Waals surface area contributed by atoms with Gasteiger partial charge in [-0.2, -0.15) is 4.39 Å². The summed E-state index contributed by atoms with van der Waals surface area (Å²) in [6, 6.07) is 7.35. The maximum absolute atomic E-state index is 14.8. The zero-order chi connectivity index (χ0) is 21.5. The van der Waals surface area contributed by atoms with Gasteiger partial charge in [-0.1, -0.05) is 45.2 Å². The Labute approximate surface area is 177 Å². The van der Waals surface area contributed by atoms with E-state index < -0.39 is 17.5 Å². The molecule has 30 heavy (non-hydrogen) atoms. The smallest absolute Gasteiger partial charge is 0.201 e. The standard InChI is InChI=1S/C25H31F3O2/c1-3-5-6-7-17-8-12-22(30-16-17)18-9-10-19(21(26)15-18)20-11-13-23(29-14-4-2)25(28)24(20)27/h9-11,13,15,17,22H,3-8,12,14,16H2,1-2H3. The predicted octanol–water partition coefficient (Wildman–Crippen LogP) is 7.61. The minimum atomic E-state index is -1.10. The van der Waals surface area contributed by atoms with Gasteiger partial charge in [-0.3, -0.25) is 0 Å². The van der Waals surface area contributed by atoms with Crippen molar-refractivity contribution in [1.29, 1.82) is 0 Å². The largest absolute Gasteiger partial charge is 0.490 e. The Bertz CT molecular complexity index is 829. The highest BCUT2D eigenvalue weighted by Crippen LogP contribution is 2.36. The molecule has 2 aromatic rings. The van der Waals surface area contributed by atoms with Crippen LogP contribution in [0, 0.1) is 23.4 Å². The van der Waals surface area contributed by atoms with Gasteiger partial charge in [0.05, 0.1) is 19.3 Å². The first kappa shape index (κ1) is 22.7. The second kappa shape index (κ2) is 10.9. The summed E-state index contributed by atoms with van der Waals surface area (Å²) in [5.74, 6) is -2.35. The van der Waals surface area contributed by atoms with Gasteiger partial charge < -0.3 is 9.47 Å². The minimum Gasteiger partial charge on any atom is -0.490 e. The van der Waals surface area contributed by atoms with E-state index in [1.165, 1.54) is 49.9 Å². The van der Waals surface area contributed by atoms with Crippen LogP contribution in [0.5, 0.6) is 5.75 Å². The highest BCUT2D eigenvalue weighted by atomic mass is 19.2. The lowest BCUT2D eigenvalue weighted by Crippen LogP contribution is -2.20. The molecule has 0 aromatic heterocycles. The van der Waals surface area contributed by atoms with Gasteiger partial charge in [0.15, 0.2) is 11.6 Å². The number of hydrogen-bond donors (Lipinski definition) is 0. The lowest BCUT2D eigenvalue weighted by Gasteiger charge is -2.29. The van der Waals surface area contributed by atoms with Crippen molar-refractivity contribution in [2.45, 2.75) is 64.9 Å². The van der Waals surface area contributed by atoms with Crippen LogP contribution in [0.3, 0.4) is 0 Å². The number of ether oxygens (including phenoxy) is 2. The van der Waals surface area contributed by atoms with E-state index in [9.17, 15) is 13.2 Å². The SMILES string of the molecule is CCCCCC1CCC(c2ccc(-c3ccc(OCCC)c(F)c3F)c(F)c2)OC1. The van der Waals surface area contributed by atoms with Gasteiger partial charge in [0.1, 0.15) is 5.82 Å². The van der Waals surface area contributed by atoms with Crippen molar-refractivity contribution < 1.29 is 22.6 Å². The van der Waals surface area contributed by atoms with E-state index >= 15 is 0 Å². The van der Waals surface area contributed by atoms with E-state index in [4.69, 9.17) is 9.47 Å². The maximum atomic E-state index is 14.8. The summed E-state index contributed by atoms with van der Waals surface area (Å²) in [6.45, 7) is 5.05. The van der Waals surface area contributed by atoms with Gasteiger partial charge in [0.2, 0.25) is 5.82 Å². The Balaban J connectivity index is 1.70. The molecule has 1 aliphatic rings. The quantitative estimate of drug-likeness (QED) is 0.389. The fraction of sp³-hybridized carbons (Fsp3) is 0.520. The van der Waals surface area contributed by atoms with Crippen LogP contribution in [-0.2, 0) is 4.74 Å². The normalized spacial score (nSPS) is 19.1. The third-order valence-corrected chi connectivity index (χ3v) is 5.75. The summed E-state index contributed by atoms with van der Waals surface area (Å²) in [5.41, 5.74) is 0.665. The zero-order valence-electron chi connectivity index (χ0n) is 17.9. The molecular formula is C25H31F3O2. The molecular weight excluding hydrogens is 389 g/mol. The van der Waals surface area contributed by atoms with Crippen LogP contribution in [0.25, 0.3) is 11.1 Å². The van der Waals surface area contributed by atoms with Crippen LogP contribution in [0.2, 0.25) is 0 Å². The molecule has 0 amide bonds. The summed E-state index contributed by atoms with van der Waals surface area (Å²) >= 11 is 0. The van der Waals surface area contributed by atoms with Crippen LogP contribution in [0.15, 0.2) is 30.3 Å². The first-order valence-electron chi connectivity index (χ1n) is 11.1. The van der Waals surface area contributed by atoms with Crippen molar-refractivity contribution in [1.82, 2.24) is 0 Å². The molecule has 1 saturated heterocycles. The Morgan fingerprint density at radius 1 is 0.933 bits per heavy atom. The number of unbranched alkanes of at least 4 members (excludes halogenated alkanes) is 2. The predicted molar refractivity (Wildman–Crippen MR) is 113 cm³/mol. The van der Waals surface area contributed by atoms with E-state index in [0.29, 0.717) is 25.6 Å². The Kier molecular flexibility index (Phi) is 8.20. The van der Waals surface area contributed by atoms with Crippen molar-refractivity contribution in [3.8, 4) is 16.9 Å². The van der Waals surface area contributed by atoms with E-state index in [2.05, 4.69) is 6.92 Å². The lowest BCUT2D eigenvalue weighted by molar-refractivity contribution is -0.0200. The molecule has 1 fully saturated rings. The first-order chi connectivity index (χ1) is 14.5. The average molecular weight is 421 g/mol. The summed E-state index contributed by atoms with van der Waals surface area (Å²) in [5, 5.41) is 0. The molecule has 2 atom stereocenters. The molecule has 164 valence electrons. The van der Waals surface area contributed by atoms with Crippen LogP contribution >= 0.6 is 0 Å².